The minimum Gasteiger partial charge on any atom is -0.477 e. The number of carbonyl (C=O) groups is 2. The molecule has 2 heterocycles. The maximum atomic E-state index is 11.2. The first-order valence-corrected chi connectivity index (χ1v) is 4.98. The highest BCUT2D eigenvalue weighted by molar-refractivity contribution is 8.01. The van der Waals surface area contributed by atoms with Gasteiger partial charge in [-0.05, 0) is 6.42 Å². The van der Waals surface area contributed by atoms with Gasteiger partial charge in [-0.15, -0.1) is 12.4 Å². The van der Waals surface area contributed by atoms with Gasteiger partial charge in [-0.25, -0.2) is 9.00 Å². The SMILES string of the molecule is Cl.O=C(O)C1=CC(=O)S(=O)C2CCN12. The summed E-state index contributed by atoms with van der Waals surface area (Å²) in [5.41, 5.74) is -0.0270. The third-order valence-corrected chi connectivity index (χ3v) is 3.69. The van der Waals surface area contributed by atoms with E-state index in [0.29, 0.717) is 13.0 Å². The Hall–Kier alpha value is -0.880. The van der Waals surface area contributed by atoms with Crippen LogP contribution in [0.3, 0.4) is 0 Å². The van der Waals surface area contributed by atoms with Crippen LogP contribution in [0.2, 0.25) is 0 Å². The first-order chi connectivity index (χ1) is 6.11. The lowest BCUT2D eigenvalue weighted by Crippen LogP contribution is -2.54. The molecule has 1 fully saturated rings. The van der Waals surface area contributed by atoms with Crippen molar-refractivity contribution in [2.24, 2.45) is 0 Å². The van der Waals surface area contributed by atoms with E-state index in [4.69, 9.17) is 5.11 Å². The van der Waals surface area contributed by atoms with Crippen LogP contribution in [0.15, 0.2) is 11.8 Å². The average Bonchev–Trinajstić information content (AvgIpc) is 1.98. The fraction of sp³-hybridized carbons (Fsp3) is 0.429. The number of nitrogens with zero attached hydrogens (tertiary/aromatic N) is 1. The Morgan fingerprint density at radius 2 is 2.29 bits per heavy atom. The van der Waals surface area contributed by atoms with Crippen molar-refractivity contribution < 1.29 is 18.9 Å². The van der Waals surface area contributed by atoms with Gasteiger partial charge in [0.15, 0.2) is 0 Å². The van der Waals surface area contributed by atoms with Crippen molar-refractivity contribution in [1.29, 1.82) is 0 Å². The summed E-state index contributed by atoms with van der Waals surface area (Å²) >= 11 is 0. The molecule has 2 aliphatic heterocycles. The number of carbonyl (C=O) groups excluding carboxylic acids is 1. The molecule has 2 rings (SSSR count). The lowest BCUT2D eigenvalue weighted by Gasteiger charge is -2.43. The summed E-state index contributed by atoms with van der Waals surface area (Å²) in [5.74, 6) is -1.13. The van der Waals surface area contributed by atoms with Crippen molar-refractivity contribution in [3.05, 3.63) is 11.8 Å². The van der Waals surface area contributed by atoms with E-state index in [9.17, 15) is 13.8 Å². The highest BCUT2D eigenvalue weighted by Gasteiger charge is 2.42. The Bertz CT molecular complexity index is 354. The number of fused-ring (bicyclic) bond motifs is 1. The Balaban J connectivity index is 0.000000980. The summed E-state index contributed by atoms with van der Waals surface area (Å²) in [6.07, 6.45) is 1.58. The molecule has 0 amide bonds. The van der Waals surface area contributed by atoms with Crippen molar-refractivity contribution in [2.45, 2.75) is 11.8 Å². The van der Waals surface area contributed by atoms with Gasteiger partial charge in [0.25, 0.3) is 0 Å². The van der Waals surface area contributed by atoms with Gasteiger partial charge < -0.3 is 10.0 Å². The number of hydrogen-bond donors (Lipinski definition) is 1. The summed E-state index contributed by atoms with van der Waals surface area (Å²) in [6.45, 7) is 0.571. The van der Waals surface area contributed by atoms with Crippen LogP contribution in [0.5, 0.6) is 0 Å². The Kier molecular flexibility index (Phi) is 2.96. The van der Waals surface area contributed by atoms with Gasteiger partial charge in [-0.1, -0.05) is 0 Å². The molecule has 2 atom stereocenters. The molecule has 0 saturated carbocycles. The first-order valence-electron chi connectivity index (χ1n) is 3.77. The van der Waals surface area contributed by atoms with Crippen LogP contribution in [0.1, 0.15) is 6.42 Å². The molecule has 14 heavy (non-hydrogen) atoms. The summed E-state index contributed by atoms with van der Waals surface area (Å²) in [4.78, 5) is 23.2. The molecule has 1 saturated heterocycles. The maximum Gasteiger partial charge on any atom is 0.352 e. The minimum absolute atomic E-state index is 0. The van der Waals surface area contributed by atoms with Gasteiger partial charge >= 0.3 is 5.97 Å². The van der Waals surface area contributed by atoms with E-state index in [1.807, 2.05) is 0 Å². The summed E-state index contributed by atoms with van der Waals surface area (Å²) in [6, 6.07) is 0. The van der Waals surface area contributed by atoms with E-state index in [1.54, 1.807) is 0 Å². The van der Waals surface area contributed by atoms with Crippen molar-refractivity contribution in [2.75, 3.05) is 6.54 Å². The Morgan fingerprint density at radius 3 is 2.71 bits per heavy atom. The highest BCUT2D eigenvalue weighted by Crippen LogP contribution is 2.30. The molecule has 0 spiro atoms. The lowest BCUT2D eigenvalue weighted by molar-refractivity contribution is -0.135. The van der Waals surface area contributed by atoms with Gasteiger partial charge in [0.1, 0.15) is 21.9 Å². The molecular weight excluding hydrogens is 230 g/mol. The first kappa shape index (κ1) is 11.2. The maximum absolute atomic E-state index is 11.2. The smallest absolute Gasteiger partial charge is 0.352 e. The standard InChI is InChI=1S/C7H7NO4S.ClH/c9-6-3-4(7(10)11)8-2-1-5(8)13(6)12;/h3,5H,1-2H2,(H,10,11);1H. The number of aliphatic carboxylic acids is 1. The third kappa shape index (κ3) is 1.44. The number of carboxylic acid groups (broad SMARTS) is 1. The van der Waals surface area contributed by atoms with Crippen LogP contribution >= 0.6 is 12.4 Å². The zero-order chi connectivity index (χ0) is 9.59. The second-order valence-electron chi connectivity index (χ2n) is 2.89. The van der Waals surface area contributed by atoms with Crippen molar-refractivity contribution in [1.82, 2.24) is 4.90 Å². The van der Waals surface area contributed by atoms with Crippen LogP contribution in [-0.4, -0.2) is 37.2 Å². The zero-order valence-electron chi connectivity index (χ0n) is 7.00. The normalized spacial score (nSPS) is 29.6. The highest BCUT2D eigenvalue weighted by atomic mass is 35.5. The number of halogens is 1. The third-order valence-electron chi connectivity index (χ3n) is 2.19. The molecule has 0 radical (unpaired) electrons. The molecule has 0 aromatic carbocycles. The van der Waals surface area contributed by atoms with E-state index in [2.05, 4.69) is 0 Å². The molecule has 78 valence electrons. The Morgan fingerprint density at radius 1 is 1.64 bits per heavy atom. The average molecular weight is 238 g/mol. The van der Waals surface area contributed by atoms with Crippen LogP contribution in [-0.2, 0) is 20.4 Å². The second-order valence-corrected chi connectivity index (χ2v) is 4.43. The topological polar surface area (TPSA) is 74.7 Å². The fourth-order valence-electron chi connectivity index (χ4n) is 1.43. The minimum atomic E-state index is -1.56. The van der Waals surface area contributed by atoms with Crippen LogP contribution in [0.4, 0.5) is 0 Å². The Labute approximate surface area is 88.6 Å². The van der Waals surface area contributed by atoms with Gasteiger partial charge in [0.05, 0.1) is 0 Å². The molecule has 2 aliphatic rings. The second kappa shape index (κ2) is 3.70. The molecule has 0 aromatic heterocycles. The molecular formula is C7H8ClNO4S. The predicted octanol–water partition coefficient (Wildman–Crippen LogP) is -0.303. The molecule has 7 heteroatoms. The monoisotopic (exact) mass is 237 g/mol. The molecule has 5 nitrogen and oxygen atoms in total. The summed E-state index contributed by atoms with van der Waals surface area (Å²) in [5, 5.41) is 7.72. The summed E-state index contributed by atoms with van der Waals surface area (Å²) < 4.78 is 11.2. The largest absolute Gasteiger partial charge is 0.477 e. The van der Waals surface area contributed by atoms with Gasteiger partial charge in [0.2, 0.25) is 5.12 Å². The molecule has 0 bridgehead atoms. The van der Waals surface area contributed by atoms with E-state index >= 15 is 0 Å². The van der Waals surface area contributed by atoms with E-state index in [0.717, 1.165) is 6.08 Å². The van der Waals surface area contributed by atoms with Crippen LogP contribution < -0.4 is 0 Å². The van der Waals surface area contributed by atoms with Gasteiger partial charge in [-0.2, -0.15) is 0 Å². The number of carboxylic acids is 1. The fourth-order valence-corrected chi connectivity index (χ4v) is 2.70. The predicted molar refractivity (Wildman–Crippen MR) is 51.2 cm³/mol. The van der Waals surface area contributed by atoms with Crippen LogP contribution in [0.25, 0.3) is 0 Å². The summed E-state index contributed by atoms with van der Waals surface area (Å²) in [7, 11) is -1.56. The van der Waals surface area contributed by atoms with Crippen molar-refractivity contribution in [3.63, 3.8) is 0 Å². The molecule has 0 aliphatic carbocycles. The van der Waals surface area contributed by atoms with Gasteiger partial charge in [0, 0.05) is 12.6 Å². The number of hydrogen-bond acceptors (Lipinski definition) is 4. The molecule has 1 N–H and O–H groups in total. The molecule has 0 aromatic rings. The van der Waals surface area contributed by atoms with Crippen molar-refractivity contribution in [3.8, 4) is 0 Å². The van der Waals surface area contributed by atoms with Crippen LogP contribution in [0, 0.1) is 0 Å². The quantitative estimate of drug-likeness (QED) is 0.678. The number of rotatable bonds is 1. The van der Waals surface area contributed by atoms with Gasteiger partial charge in [-0.3, -0.25) is 4.79 Å². The van der Waals surface area contributed by atoms with E-state index < -0.39 is 27.3 Å². The zero-order valence-corrected chi connectivity index (χ0v) is 8.64. The molecule has 2 unspecified atom stereocenters. The lowest BCUT2D eigenvalue weighted by atomic mass is 10.2. The van der Waals surface area contributed by atoms with E-state index in [1.165, 1.54) is 4.90 Å². The van der Waals surface area contributed by atoms with E-state index in [-0.39, 0.29) is 18.1 Å². The van der Waals surface area contributed by atoms with Crippen molar-refractivity contribution >= 4 is 34.3 Å².